The second kappa shape index (κ2) is 7.43. The van der Waals surface area contributed by atoms with E-state index in [4.69, 9.17) is 10.8 Å². The van der Waals surface area contributed by atoms with E-state index in [0.717, 1.165) is 40.3 Å². The molecular formula is C17H18N4O4. The summed E-state index contributed by atoms with van der Waals surface area (Å²) in [6, 6.07) is 8.80. The van der Waals surface area contributed by atoms with Crippen molar-refractivity contribution < 1.29 is 9.90 Å². The van der Waals surface area contributed by atoms with Gasteiger partial charge in [0.15, 0.2) is 0 Å². The molecule has 8 heteroatoms. The molecule has 0 unspecified atom stereocenters. The van der Waals surface area contributed by atoms with Gasteiger partial charge in [0, 0.05) is 22.8 Å². The maximum atomic E-state index is 10.5. The van der Waals surface area contributed by atoms with Gasteiger partial charge in [0.1, 0.15) is 5.69 Å². The van der Waals surface area contributed by atoms with Gasteiger partial charge in [0.05, 0.1) is 5.52 Å². The summed E-state index contributed by atoms with van der Waals surface area (Å²) in [5, 5.41) is 9.37. The average Bonchev–Trinajstić information content (AvgIpc) is 2.58. The zero-order valence-corrected chi connectivity index (χ0v) is 13.8. The van der Waals surface area contributed by atoms with E-state index in [1.54, 1.807) is 0 Å². The average molecular weight is 342 g/mol. The number of H-pyrrole nitrogens is 2. The van der Waals surface area contributed by atoms with E-state index in [-0.39, 0.29) is 0 Å². The molecule has 5 N–H and O–H groups in total. The first-order chi connectivity index (χ1) is 11.8. The third-order valence-electron chi connectivity index (χ3n) is 3.61. The number of carbonyl (C=O) groups is 1. The van der Waals surface area contributed by atoms with Crippen molar-refractivity contribution in [1.82, 2.24) is 15.0 Å². The molecular weight excluding hydrogens is 324 g/mol. The van der Waals surface area contributed by atoms with Crippen molar-refractivity contribution in [1.29, 1.82) is 0 Å². The standard InChI is InChI=1S/C12H14N2.C5H4N2O4/c1-3-10-8(2)12(13)9-6-4-5-7-11(9)14-10;8-3-1-2(4(9)10)6-5(11)7-3/h4-7H,3H2,1-2H3,(H2,13,14);1H,(H,9,10)(H2,6,7,8,11). The fourth-order valence-electron chi connectivity index (χ4n) is 2.31. The number of nitrogens with zero attached hydrogens (tertiary/aromatic N) is 1. The summed E-state index contributed by atoms with van der Waals surface area (Å²) < 4.78 is 0. The molecule has 0 fully saturated rings. The highest BCUT2D eigenvalue weighted by Gasteiger charge is 2.06. The molecule has 2 aromatic heterocycles. The van der Waals surface area contributed by atoms with Gasteiger partial charge < -0.3 is 15.8 Å². The molecule has 1 aromatic carbocycles. The fourth-order valence-corrected chi connectivity index (χ4v) is 2.31. The molecule has 0 spiro atoms. The van der Waals surface area contributed by atoms with E-state index in [1.807, 2.05) is 41.2 Å². The van der Waals surface area contributed by atoms with Crippen LogP contribution in [0.1, 0.15) is 28.7 Å². The van der Waals surface area contributed by atoms with Gasteiger partial charge in [-0.3, -0.25) is 14.8 Å². The van der Waals surface area contributed by atoms with Gasteiger partial charge in [0.2, 0.25) is 0 Å². The van der Waals surface area contributed by atoms with Crippen molar-refractivity contribution in [3.63, 3.8) is 0 Å². The van der Waals surface area contributed by atoms with E-state index in [2.05, 4.69) is 11.9 Å². The van der Waals surface area contributed by atoms with E-state index in [1.165, 1.54) is 0 Å². The largest absolute Gasteiger partial charge is 0.477 e. The predicted molar refractivity (Wildman–Crippen MR) is 94.9 cm³/mol. The van der Waals surface area contributed by atoms with Gasteiger partial charge in [-0.05, 0) is 25.0 Å². The summed E-state index contributed by atoms with van der Waals surface area (Å²) in [6.07, 6.45) is 0.931. The van der Waals surface area contributed by atoms with Crippen LogP contribution in [0.4, 0.5) is 5.69 Å². The lowest BCUT2D eigenvalue weighted by molar-refractivity contribution is 0.0689. The normalized spacial score (nSPS) is 10.2. The Bertz CT molecular complexity index is 1010. The first-order valence-corrected chi connectivity index (χ1v) is 7.54. The van der Waals surface area contributed by atoms with Crippen LogP contribution in [0.25, 0.3) is 10.9 Å². The second-order valence-electron chi connectivity index (χ2n) is 5.27. The molecule has 0 aliphatic rings. The minimum atomic E-state index is -1.34. The number of hydrogen-bond acceptors (Lipinski definition) is 5. The number of aromatic nitrogens is 3. The zero-order chi connectivity index (χ0) is 18.6. The second-order valence-corrected chi connectivity index (χ2v) is 5.27. The van der Waals surface area contributed by atoms with Gasteiger partial charge >= 0.3 is 11.7 Å². The van der Waals surface area contributed by atoms with Gasteiger partial charge in [-0.25, -0.2) is 9.59 Å². The van der Waals surface area contributed by atoms with Gasteiger partial charge in [-0.15, -0.1) is 0 Å². The first-order valence-electron chi connectivity index (χ1n) is 7.54. The number of aryl methyl sites for hydroxylation is 1. The number of nitrogens with two attached hydrogens (primary N) is 1. The van der Waals surface area contributed by atoms with Crippen molar-refractivity contribution in [3.05, 3.63) is 68.1 Å². The molecule has 3 aromatic rings. The highest BCUT2D eigenvalue weighted by molar-refractivity contribution is 5.91. The zero-order valence-electron chi connectivity index (χ0n) is 13.8. The Hall–Kier alpha value is -3.42. The number of carboxylic acid groups (broad SMARTS) is 1. The van der Waals surface area contributed by atoms with Crippen LogP contribution in [0, 0.1) is 6.92 Å². The number of nitrogen functional groups attached to an aromatic ring is 1. The number of rotatable bonds is 2. The highest BCUT2D eigenvalue weighted by atomic mass is 16.4. The van der Waals surface area contributed by atoms with E-state index in [0.29, 0.717) is 0 Å². The van der Waals surface area contributed by atoms with Crippen molar-refractivity contribution in [3.8, 4) is 0 Å². The van der Waals surface area contributed by atoms with Gasteiger partial charge in [-0.1, -0.05) is 25.1 Å². The molecule has 0 saturated heterocycles. The van der Waals surface area contributed by atoms with Gasteiger partial charge in [-0.2, -0.15) is 0 Å². The quantitative estimate of drug-likeness (QED) is 0.555. The molecule has 0 aliphatic carbocycles. The smallest absolute Gasteiger partial charge is 0.352 e. The molecule has 0 aliphatic heterocycles. The van der Waals surface area contributed by atoms with Crippen LogP contribution in [0.15, 0.2) is 39.9 Å². The third-order valence-corrected chi connectivity index (χ3v) is 3.61. The Morgan fingerprint density at radius 2 is 1.92 bits per heavy atom. The molecule has 0 bridgehead atoms. The first kappa shape index (κ1) is 17.9. The number of carboxylic acids is 1. The minimum Gasteiger partial charge on any atom is -0.477 e. The molecule has 0 amide bonds. The van der Waals surface area contributed by atoms with Crippen molar-refractivity contribution in [2.75, 3.05) is 5.73 Å². The minimum absolute atomic E-state index is 0.418. The van der Waals surface area contributed by atoms with Crippen LogP contribution in [0.2, 0.25) is 0 Å². The Labute approximate surface area is 142 Å². The summed E-state index contributed by atoms with van der Waals surface area (Å²) >= 11 is 0. The molecule has 130 valence electrons. The molecule has 2 heterocycles. The Kier molecular flexibility index (Phi) is 5.33. The number of aromatic amines is 2. The molecule has 0 saturated carbocycles. The van der Waals surface area contributed by atoms with Crippen LogP contribution in [-0.4, -0.2) is 26.0 Å². The highest BCUT2D eigenvalue weighted by Crippen LogP contribution is 2.24. The summed E-state index contributed by atoms with van der Waals surface area (Å²) in [5.74, 6) is -1.34. The summed E-state index contributed by atoms with van der Waals surface area (Å²) in [6.45, 7) is 4.14. The SMILES string of the molecule is CCc1nc2ccccc2c(N)c1C.O=C(O)c1cc(=O)[nH]c(=O)[nH]1. The number of nitrogens with one attached hydrogen (secondary N) is 2. The molecule has 8 nitrogen and oxygen atoms in total. The fraction of sp³-hybridized carbons (Fsp3) is 0.176. The summed E-state index contributed by atoms with van der Waals surface area (Å²) in [5.41, 5.74) is 8.16. The molecule has 0 radical (unpaired) electrons. The number of anilines is 1. The van der Waals surface area contributed by atoms with Crippen LogP contribution in [-0.2, 0) is 6.42 Å². The van der Waals surface area contributed by atoms with Crippen LogP contribution in [0.3, 0.4) is 0 Å². The van der Waals surface area contributed by atoms with Crippen LogP contribution in [0.5, 0.6) is 0 Å². The van der Waals surface area contributed by atoms with Crippen molar-refractivity contribution >= 4 is 22.6 Å². The predicted octanol–water partition coefficient (Wildman–Crippen LogP) is 1.45. The summed E-state index contributed by atoms with van der Waals surface area (Å²) in [7, 11) is 0. The lowest BCUT2D eigenvalue weighted by Gasteiger charge is -2.09. The topological polar surface area (TPSA) is 142 Å². The van der Waals surface area contributed by atoms with Crippen molar-refractivity contribution in [2.45, 2.75) is 20.3 Å². The number of aromatic carboxylic acids is 1. The van der Waals surface area contributed by atoms with Gasteiger partial charge in [0.25, 0.3) is 5.56 Å². The molecule has 0 atom stereocenters. The van der Waals surface area contributed by atoms with Crippen LogP contribution < -0.4 is 17.0 Å². The number of fused-ring (bicyclic) bond motifs is 1. The maximum absolute atomic E-state index is 10.5. The van der Waals surface area contributed by atoms with Crippen LogP contribution >= 0.6 is 0 Å². The third kappa shape index (κ3) is 4.11. The number of hydrogen-bond donors (Lipinski definition) is 4. The molecule has 3 rings (SSSR count). The molecule has 25 heavy (non-hydrogen) atoms. The maximum Gasteiger partial charge on any atom is 0.352 e. The lowest BCUT2D eigenvalue weighted by atomic mass is 10.1. The monoisotopic (exact) mass is 342 g/mol. The number of pyridine rings is 1. The number of benzene rings is 1. The lowest BCUT2D eigenvalue weighted by Crippen LogP contribution is -2.24. The number of para-hydroxylation sites is 1. The Morgan fingerprint density at radius 3 is 2.52 bits per heavy atom. The van der Waals surface area contributed by atoms with E-state index < -0.39 is 22.9 Å². The van der Waals surface area contributed by atoms with E-state index >= 15 is 0 Å². The Morgan fingerprint density at radius 1 is 1.24 bits per heavy atom. The summed E-state index contributed by atoms with van der Waals surface area (Å²) in [4.78, 5) is 39.4. The van der Waals surface area contributed by atoms with Crippen molar-refractivity contribution in [2.24, 2.45) is 0 Å². The van der Waals surface area contributed by atoms with E-state index in [9.17, 15) is 14.4 Å². The Balaban J connectivity index is 0.000000186.